The Labute approximate surface area is 105 Å². The van der Waals surface area contributed by atoms with E-state index in [0.717, 1.165) is 21.1 Å². The smallest absolute Gasteiger partial charge is 0.295 e. The van der Waals surface area contributed by atoms with Gasteiger partial charge in [-0.1, -0.05) is 0 Å². The maximum atomic E-state index is 10.6. The summed E-state index contributed by atoms with van der Waals surface area (Å²) in [7, 11) is 0. The Morgan fingerprint density at radius 2 is 1.71 bits per heavy atom. The second-order valence-electron chi connectivity index (χ2n) is 3.31. The second kappa shape index (κ2) is 4.76. The average molecular weight is 271 g/mol. The third-order valence-electron chi connectivity index (χ3n) is 2.23. The highest BCUT2D eigenvalue weighted by Gasteiger charge is 2.25. The van der Waals surface area contributed by atoms with E-state index >= 15 is 0 Å². The summed E-state index contributed by atoms with van der Waals surface area (Å²) in [5.41, 5.74) is 4.79. The first kappa shape index (κ1) is 11.9. The van der Waals surface area contributed by atoms with Crippen LogP contribution >= 0.6 is 22.7 Å². The van der Waals surface area contributed by atoms with Gasteiger partial charge in [0.25, 0.3) is 5.09 Å². The van der Waals surface area contributed by atoms with Gasteiger partial charge in [0.05, 0.1) is 32.2 Å². The normalized spacial score (nSPS) is 10.8. The van der Waals surface area contributed by atoms with Crippen LogP contribution < -0.4 is 0 Å². The van der Waals surface area contributed by atoms with Crippen LogP contribution in [-0.2, 0) is 4.84 Å². The minimum absolute atomic E-state index is 0.718. The highest BCUT2D eigenvalue weighted by molar-refractivity contribution is 7.11. The van der Waals surface area contributed by atoms with Gasteiger partial charge in [0.1, 0.15) is 0 Å². The highest BCUT2D eigenvalue weighted by atomic mass is 32.1. The van der Waals surface area contributed by atoms with E-state index in [1.54, 1.807) is 24.9 Å². The van der Waals surface area contributed by atoms with E-state index < -0.39 is 11.2 Å². The number of hydrogen-bond acceptors (Lipinski definition) is 7. The molecule has 0 saturated heterocycles. The van der Waals surface area contributed by atoms with Gasteiger partial charge in [-0.15, -0.1) is 32.8 Å². The quantitative estimate of drug-likeness (QED) is 0.630. The summed E-state index contributed by atoms with van der Waals surface area (Å²) in [5, 5.41) is 9.80. The number of rotatable bonds is 4. The third-order valence-corrected chi connectivity index (χ3v) is 4.18. The van der Waals surface area contributed by atoms with Gasteiger partial charge in [0.2, 0.25) is 0 Å². The Morgan fingerprint density at radius 3 is 2.00 bits per heavy atom. The summed E-state index contributed by atoms with van der Waals surface area (Å²) < 4.78 is 0. The molecule has 0 saturated carbocycles. The SMILES string of the molecule is Cc1ncsc1C(O[N+](=O)[O-])c1scnc1C. The molecule has 0 atom stereocenters. The van der Waals surface area contributed by atoms with Crippen molar-refractivity contribution in [2.75, 3.05) is 0 Å². The molecule has 2 aromatic rings. The molecule has 6 nitrogen and oxygen atoms in total. The van der Waals surface area contributed by atoms with Crippen molar-refractivity contribution in [3.63, 3.8) is 0 Å². The zero-order chi connectivity index (χ0) is 12.4. The van der Waals surface area contributed by atoms with E-state index in [0.29, 0.717) is 0 Å². The predicted octanol–water partition coefficient (Wildman–Crippen LogP) is 2.51. The average Bonchev–Trinajstić information content (AvgIpc) is 2.84. The zero-order valence-corrected chi connectivity index (χ0v) is 10.7. The maximum Gasteiger partial charge on any atom is 0.295 e. The summed E-state index contributed by atoms with van der Waals surface area (Å²) in [5.74, 6) is 0. The first-order valence-electron chi connectivity index (χ1n) is 4.70. The van der Waals surface area contributed by atoms with Crippen molar-refractivity contribution in [1.29, 1.82) is 0 Å². The van der Waals surface area contributed by atoms with Crippen LogP contribution in [0.25, 0.3) is 0 Å². The molecule has 17 heavy (non-hydrogen) atoms. The summed E-state index contributed by atoms with van der Waals surface area (Å²) in [6.45, 7) is 3.61. The molecule has 2 rings (SSSR count). The van der Waals surface area contributed by atoms with E-state index in [1.807, 2.05) is 0 Å². The summed E-state index contributed by atoms with van der Waals surface area (Å²) in [6, 6.07) is 0. The lowest BCUT2D eigenvalue weighted by atomic mass is 10.2. The van der Waals surface area contributed by atoms with Crippen molar-refractivity contribution in [2.24, 2.45) is 0 Å². The van der Waals surface area contributed by atoms with Crippen LogP contribution in [0.2, 0.25) is 0 Å². The van der Waals surface area contributed by atoms with Gasteiger partial charge in [-0.3, -0.25) is 4.84 Å². The standard InChI is InChI=1S/C9H9N3O3S2/c1-5-8(16-3-10-5)7(15-12(13)14)9-6(2)11-4-17-9/h3-4,7H,1-2H3. The van der Waals surface area contributed by atoms with Crippen molar-refractivity contribution >= 4 is 22.7 Å². The van der Waals surface area contributed by atoms with Crippen molar-refractivity contribution in [3.05, 3.63) is 42.3 Å². The number of thiazole rings is 2. The molecule has 0 fully saturated rings. The molecule has 0 unspecified atom stereocenters. The lowest BCUT2D eigenvalue weighted by Crippen LogP contribution is -2.10. The lowest BCUT2D eigenvalue weighted by molar-refractivity contribution is -0.767. The van der Waals surface area contributed by atoms with E-state index in [1.165, 1.54) is 22.7 Å². The van der Waals surface area contributed by atoms with Crippen molar-refractivity contribution in [3.8, 4) is 0 Å². The summed E-state index contributed by atoms with van der Waals surface area (Å²) in [6.07, 6.45) is -0.718. The van der Waals surface area contributed by atoms with Crippen LogP contribution in [0.5, 0.6) is 0 Å². The Balaban J connectivity index is 2.42. The lowest BCUT2D eigenvalue weighted by Gasteiger charge is -2.12. The molecule has 0 aliphatic carbocycles. The topological polar surface area (TPSA) is 78.2 Å². The molecule has 0 aliphatic heterocycles. The van der Waals surface area contributed by atoms with Gasteiger partial charge in [0.15, 0.2) is 6.10 Å². The molecule has 0 bridgehead atoms. The van der Waals surface area contributed by atoms with Crippen LogP contribution in [0, 0.1) is 24.0 Å². The second-order valence-corrected chi connectivity index (χ2v) is 5.09. The van der Waals surface area contributed by atoms with Gasteiger partial charge < -0.3 is 0 Å². The summed E-state index contributed by atoms with van der Waals surface area (Å²) >= 11 is 2.69. The fourth-order valence-electron chi connectivity index (χ4n) is 1.43. The van der Waals surface area contributed by atoms with Crippen molar-refractivity contribution < 1.29 is 9.92 Å². The Morgan fingerprint density at radius 1 is 1.24 bits per heavy atom. The fraction of sp³-hybridized carbons (Fsp3) is 0.333. The minimum atomic E-state index is -0.775. The molecular weight excluding hydrogens is 262 g/mol. The molecule has 0 aliphatic rings. The number of aromatic nitrogens is 2. The van der Waals surface area contributed by atoms with Crippen LogP contribution in [0.3, 0.4) is 0 Å². The molecule has 2 heterocycles. The number of hydrogen-bond donors (Lipinski definition) is 0. The van der Waals surface area contributed by atoms with Crippen LogP contribution in [-0.4, -0.2) is 15.1 Å². The van der Waals surface area contributed by atoms with Gasteiger partial charge in [-0.25, -0.2) is 9.97 Å². The molecule has 0 aromatic carbocycles. The Kier molecular flexibility index (Phi) is 3.34. The monoisotopic (exact) mass is 271 g/mol. The van der Waals surface area contributed by atoms with Gasteiger partial charge >= 0.3 is 0 Å². The molecule has 8 heteroatoms. The molecule has 0 radical (unpaired) electrons. The van der Waals surface area contributed by atoms with E-state index in [9.17, 15) is 10.1 Å². The van der Waals surface area contributed by atoms with E-state index in [4.69, 9.17) is 4.84 Å². The van der Waals surface area contributed by atoms with Crippen molar-refractivity contribution in [2.45, 2.75) is 20.0 Å². The van der Waals surface area contributed by atoms with E-state index in [2.05, 4.69) is 9.97 Å². The molecule has 0 spiro atoms. The summed E-state index contributed by atoms with van der Waals surface area (Å²) in [4.78, 5) is 25.0. The Hall–Kier alpha value is -1.54. The minimum Gasteiger partial charge on any atom is -0.299 e. The predicted molar refractivity (Wildman–Crippen MR) is 63.6 cm³/mol. The van der Waals surface area contributed by atoms with Gasteiger partial charge in [-0.05, 0) is 13.8 Å². The highest BCUT2D eigenvalue weighted by Crippen LogP contribution is 2.34. The maximum absolute atomic E-state index is 10.6. The largest absolute Gasteiger partial charge is 0.299 e. The van der Waals surface area contributed by atoms with Gasteiger partial charge in [0, 0.05) is 0 Å². The third kappa shape index (κ3) is 2.42. The van der Waals surface area contributed by atoms with Crippen LogP contribution in [0.1, 0.15) is 27.2 Å². The van der Waals surface area contributed by atoms with Gasteiger partial charge in [-0.2, -0.15) is 0 Å². The first-order chi connectivity index (χ1) is 8.09. The number of nitrogens with zero attached hydrogens (tertiary/aromatic N) is 3. The first-order valence-corrected chi connectivity index (χ1v) is 6.46. The molecule has 0 amide bonds. The van der Waals surface area contributed by atoms with Crippen LogP contribution in [0.15, 0.2) is 11.0 Å². The fourth-order valence-corrected chi connectivity index (χ4v) is 3.16. The number of aryl methyl sites for hydroxylation is 2. The Bertz CT molecular complexity index is 497. The molecule has 0 N–H and O–H groups in total. The molecule has 2 aromatic heterocycles. The van der Waals surface area contributed by atoms with E-state index in [-0.39, 0.29) is 0 Å². The molecule has 90 valence electrons. The van der Waals surface area contributed by atoms with Crippen molar-refractivity contribution in [1.82, 2.24) is 9.97 Å². The van der Waals surface area contributed by atoms with Crippen LogP contribution in [0.4, 0.5) is 0 Å². The molecular formula is C9H9N3O3S2. The zero-order valence-electron chi connectivity index (χ0n) is 9.11.